The maximum absolute atomic E-state index is 10.7. The zero-order valence-corrected chi connectivity index (χ0v) is 9.83. The molecule has 0 fully saturated rings. The number of nitrogens with zero attached hydrogens (tertiary/aromatic N) is 1. The van der Waals surface area contributed by atoms with Gasteiger partial charge >= 0.3 is 0 Å². The average Bonchev–Trinajstić information content (AvgIpc) is 2.26. The van der Waals surface area contributed by atoms with Gasteiger partial charge < -0.3 is 10.8 Å². The van der Waals surface area contributed by atoms with Gasteiger partial charge in [-0.3, -0.25) is 4.79 Å². The summed E-state index contributed by atoms with van der Waals surface area (Å²) < 4.78 is 0. The number of rotatable bonds is 4. The summed E-state index contributed by atoms with van der Waals surface area (Å²) in [7, 11) is 0. The second kappa shape index (κ2) is 6.30. The number of aliphatic hydroxyl groups excluding tert-OH is 1. The SMILES string of the molecule is CC(=O)SCC=Cc1cnc(N)c(CO)c1. The van der Waals surface area contributed by atoms with Crippen LogP contribution in [0.3, 0.4) is 0 Å². The van der Waals surface area contributed by atoms with E-state index in [0.29, 0.717) is 17.1 Å². The zero-order valence-electron chi connectivity index (χ0n) is 9.01. The van der Waals surface area contributed by atoms with Crippen LogP contribution in [-0.4, -0.2) is 21.0 Å². The molecule has 4 nitrogen and oxygen atoms in total. The maximum Gasteiger partial charge on any atom is 0.186 e. The first-order valence-electron chi connectivity index (χ1n) is 4.78. The average molecular weight is 238 g/mol. The lowest BCUT2D eigenvalue weighted by Crippen LogP contribution is -1.97. The molecule has 0 aliphatic rings. The number of nitrogens with two attached hydrogens (primary N) is 1. The lowest BCUT2D eigenvalue weighted by molar-refractivity contribution is -0.109. The Morgan fingerprint density at radius 2 is 2.44 bits per heavy atom. The molecule has 0 unspecified atom stereocenters. The topological polar surface area (TPSA) is 76.2 Å². The van der Waals surface area contributed by atoms with Gasteiger partial charge in [-0.15, -0.1) is 0 Å². The van der Waals surface area contributed by atoms with Crippen LogP contribution in [0.5, 0.6) is 0 Å². The van der Waals surface area contributed by atoms with E-state index in [4.69, 9.17) is 10.8 Å². The lowest BCUT2D eigenvalue weighted by Gasteiger charge is -2.01. The van der Waals surface area contributed by atoms with Gasteiger partial charge in [-0.05, 0) is 11.6 Å². The number of aromatic nitrogens is 1. The van der Waals surface area contributed by atoms with E-state index in [0.717, 1.165) is 5.56 Å². The van der Waals surface area contributed by atoms with E-state index < -0.39 is 0 Å². The second-order valence-electron chi connectivity index (χ2n) is 3.18. The minimum absolute atomic E-state index is 0.0936. The van der Waals surface area contributed by atoms with E-state index >= 15 is 0 Å². The summed E-state index contributed by atoms with van der Waals surface area (Å²) in [4.78, 5) is 14.6. The molecule has 1 aromatic rings. The van der Waals surface area contributed by atoms with Gasteiger partial charge in [0.25, 0.3) is 0 Å². The molecule has 0 spiro atoms. The molecule has 0 radical (unpaired) electrons. The molecular weight excluding hydrogens is 224 g/mol. The molecule has 1 rings (SSSR count). The molecule has 5 heteroatoms. The van der Waals surface area contributed by atoms with Crippen LogP contribution in [0.2, 0.25) is 0 Å². The summed E-state index contributed by atoms with van der Waals surface area (Å²) in [6.45, 7) is 1.41. The predicted molar refractivity (Wildman–Crippen MR) is 66.7 cm³/mol. The van der Waals surface area contributed by atoms with Crippen molar-refractivity contribution in [1.29, 1.82) is 0 Å². The van der Waals surface area contributed by atoms with Crippen molar-refractivity contribution in [3.05, 3.63) is 29.5 Å². The van der Waals surface area contributed by atoms with E-state index in [2.05, 4.69) is 4.98 Å². The summed E-state index contributed by atoms with van der Waals surface area (Å²) in [6, 6.07) is 1.78. The van der Waals surface area contributed by atoms with Crippen LogP contribution in [0.15, 0.2) is 18.3 Å². The Bertz CT molecular complexity index is 405. The number of nitrogen functional groups attached to an aromatic ring is 1. The fourth-order valence-corrected chi connectivity index (χ4v) is 1.53. The van der Waals surface area contributed by atoms with E-state index in [1.807, 2.05) is 12.2 Å². The van der Waals surface area contributed by atoms with E-state index in [9.17, 15) is 4.79 Å². The normalized spacial score (nSPS) is 10.9. The second-order valence-corrected chi connectivity index (χ2v) is 4.37. The number of hydrogen-bond acceptors (Lipinski definition) is 5. The summed E-state index contributed by atoms with van der Waals surface area (Å²) >= 11 is 1.24. The number of carbonyl (C=O) groups is 1. The first-order valence-corrected chi connectivity index (χ1v) is 5.77. The molecule has 1 aromatic heterocycles. The Morgan fingerprint density at radius 1 is 1.69 bits per heavy atom. The fourth-order valence-electron chi connectivity index (χ4n) is 1.11. The van der Waals surface area contributed by atoms with Crippen molar-refractivity contribution in [2.45, 2.75) is 13.5 Å². The highest BCUT2D eigenvalue weighted by atomic mass is 32.2. The number of carbonyl (C=O) groups excluding carboxylic acids is 1. The Hall–Kier alpha value is -1.33. The van der Waals surface area contributed by atoms with Gasteiger partial charge in [0.1, 0.15) is 5.82 Å². The van der Waals surface area contributed by atoms with Crippen LogP contribution >= 0.6 is 11.8 Å². The van der Waals surface area contributed by atoms with Crippen LogP contribution in [0, 0.1) is 0 Å². The molecule has 86 valence electrons. The molecule has 0 aromatic carbocycles. The van der Waals surface area contributed by atoms with Crippen LogP contribution in [0.25, 0.3) is 6.08 Å². The first kappa shape index (κ1) is 12.7. The number of pyridine rings is 1. The van der Waals surface area contributed by atoms with Gasteiger partial charge in [0.05, 0.1) is 6.61 Å². The Balaban J connectivity index is 2.63. The van der Waals surface area contributed by atoms with Crippen LogP contribution < -0.4 is 5.73 Å². The predicted octanol–water partition coefficient (Wildman–Crippen LogP) is 1.45. The molecule has 1 heterocycles. The van der Waals surface area contributed by atoms with Crippen molar-refractivity contribution in [2.75, 3.05) is 11.5 Å². The fraction of sp³-hybridized carbons (Fsp3) is 0.273. The summed E-state index contributed by atoms with van der Waals surface area (Å²) in [5.41, 5.74) is 7.03. The molecule has 0 bridgehead atoms. The summed E-state index contributed by atoms with van der Waals surface area (Å²) in [5, 5.41) is 9.09. The molecular formula is C11H14N2O2S. The van der Waals surface area contributed by atoms with Gasteiger partial charge in [0.15, 0.2) is 5.12 Å². The molecule has 0 aliphatic carbocycles. The van der Waals surface area contributed by atoms with E-state index in [1.54, 1.807) is 12.3 Å². The quantitative estimate of drug-likeness (QED) is 0.830. The third kappa shape index (κ3) is 4.04. The van der Waals surface area contributed by atoms with E-state index in [-0.39, 0.29) is 11.7 Å². The number of aliphatic hydroxyl groups is 1. The zero-order chi connectivity index (χ0) is 12.0. The van der Waals surface area contributed by atoms with Crippen LogP contribution in [0.1, 0.15) is 18.1 Å². The van der Waals surface area contributed by atoms with Crippen molar-refractivity contribution < 1.29 is 9.90 Å². The lowest BCUT2D eigenvalue weighted by atomic mass is 10.2. The molecule has 3 N–H and O–H groups in total. The molecule has 0 saturated heterocycles. The molecule has 16 heavy (non-hydrogen) atoms. The smallest absolute Gasteiger partial charge is 0.186 e. The van der Waals surface area contributed by atoms with Gasteiger partial charge in [-0.25, -0.2) is 4.98 Å². The van der Waals surface area contributed by atoms with Gasteiger partial charge in [-0.2, -0.15) is 0 Å². The van der Waals surface area contributed by atoms with Crippen molar-refractivity contribution in [2.24, 2.45) is 0 Å². The maximum atomic E-state index is 10.7. The van der Waals surface area contributed by atoms with E-state index in [1.165, 1.54) is 18.7 Å². The third-order valence-electron chi connectivity index (χ3n) is 1.89. The number of hydrogen-bond donors (Lipinski definition) is 2. The van der Waals surface area contributed by atoms with Gasteiger partial charge in [0, 0.05) is 24.4 Å². The number of thioether (sulfide) groups is 1. The Kier molecular flexibility index (Phi) is 5.01. The monoisotopic (exact) mass is 238 g/mol. The standard InChI is InChI=1S/C11H14N2O2S/c1-8(15)16-4-2-3-9-5-10(7-14)11(12)13-6-9/h2-3,5-6,14H,4,7H2,1H3,(H2,12,13). The number of anilines is 1. The first-order chi connectivity index (χ1) is 7.63. The van der Waals surface area contributed by atoms with Gasteiger partial charge in [0.2, 0.25) is 0 Å². The molecule has 0 saturated carbocycles. The van der Waals surface area contributed by atoms with Crippen molar-refractivity contribution >= 4 is 28.8 Å². The van der Waals surface area contributed by atoms with Crippen LogP contribution in [-0.2, 0) is 11.4 Å². The van der Waals surface area contributed by atoms with Gasteiger partial charge in [-0.1, -0.05) is 23.9 Å². The Labute approximate surface area is 98.6 Å². The highest BCUT2D eigenvalue weighted by Gasteiger charge is 1.99. The highest BCUT2D eigenvalue weighted by Crippen LogP contribution is 2.12. The minimum Gasteiger partial charge on any atom is -0.392 e. The summed E-state index contributed by atoms with van der Waals surface area (Å²) in [5.74, 6) is 0.978. The minimum atomic E-state index is -0.122. The summed E-state index contributed by atoms with van der Waals surface area (Å²) in [6.07, 6.45) is 5.35. The van der Waals surface area contributed by atoms with Crippen molar-refractivity contribution in [3.8, 4) is 0 Å². The van der Waals surface area contributed by atoms with Crippen molar-refractivity contribution in [1.82, 2.24) is 4.98 Å². The molecule has 0 atom stereocenters. The molecule has 0 aliphatic heterocycles. The molecule has 0 amide bonds. The third-order valence-corrected chi connectivity index (χ3v) is 2.65. The van der Waals surface area contributed by atoms with Crippen molar-refractivity contribution in [3.63, 3.8) is 0 Å². The van der Waals surface area contributed by atoms with Crippen LogP contribution in [0.4, 0.5) is 5.82 Å². The Morgan fingerprint density at radius 3 is 3.06 bits per heavy atom. The highest BCUT2D eigenvalue weighted by molar-refractivity contribution is 8.13. The largest absolute Gasteiger partial charge is 0.392 e.